The number of hydrogen-bond donors (Lipinski definition) is 1. The molecule has 1 rings (SSSR count). The zero-order chi connectivity index (χ0) is 9.52. The van der Waals surface area contributed by atoms with Gasteiger partial charge in [-0.2, -0.15) is 0 Å². The minimum atomic E-state index is -0.554. The summed E-state index contributed by atoms with van der Waals surface area (Å²) in [4.78, 5) is 0. The predicted octanol–water partition coefficient (Wildman–Crippen LogP) is 1.68. The van der Waals surface area contributed by atoms with E-state index in [1.807, 2.05) is 0 Å². The van der Waals surface area contributed by atoms with Crippen LogP contribution in [0.25, 0.3) is 0 Å². The average molecular weight is 203 g/mol. The normalized spacial score (nSPS) is 18.8. The van der Waals surface area contributed by atoms with Crippen LogP contribution in [0.5, 0.6) is 0 Å². The van der Waals surface area contributed by atoms with Crippen molar-refractivity contribution in [1.82, 2.24) is 5.32 Å². The predicted molar refractivity (Wildman–Crippen MR) is 58.4 cm³/mol. The highest BCUT2D eigenvalue weighted by Crippen LogP contribution is 2.18. The lowest BCUT2D eigenvalue weighted by atomic mass is 10.4. The van der Waals surface area contributed by atoms with Crippen molar-refractivity contribution >= 4 is 10.8 Å². The minimum absolute atomic E-state index is 0.554. The van der Waals surface area contributed by atoms with Crippen LogP contribution in [0.2, 0.25) is 0 Å². The standard InChI is InChI=1S/C10H21NOS/c1-2-3-8-13(12)9-4-7-11-10-5-6-10/h10-11H,2-9H2,1H3. The van der Waals surface area contributed by atoms with Crippen LogP contribution in [0, 0.1) is 0 Å². The highest BCUT2D eigenvalue weighted by molar-refractivity contribution is 7.84. The maximum Gasteiger partial charge on any atom is 0.0246 e. The number of unbranched alkanes of at least 4 members (excludes halogenated alkanes) is 1. The molecule has 0 bridgehead atoms. The molecule has 1 aliphatic carbocycles. The molecule has 0 aromatic heterocycles. The van der Waals surface area contributed by atoms with Crippen LogP contribution in [0.3, 0.4) is 0 Å². The molecule has 0 radical (unpaired) electrons. The highest BCUT2D eigenvalue weighted by atomic mass is 32.2. The Kier molecular flexibility index (Phi) is 5.63. The summed E-state index contributed by atoms with van der Waals surface area (Å²) >= 11 is 0. The van der Waals surface area contributed by atoms with Crippen LogP contribution in [0.4, 0.5) is 0 Å². The smallest absolute Gasteiger partial charge is 0.0246 e. The van der Waals surface area contributed by atoms with E-state index in [1.54, 1.807) is 0 Å². The second kappa shape index (κ2) is 6.55. The van der Waals surface area contributed by atoms with Gasteiger partial charge in [-0.3, -0.25) is 4.21 Å². The Morgan fingerprint density at radius 1 is 1.31 bits per heavy atom. The quantitative estimate of drug-likeness (QED) is 0.608. The van der Waals surface area contributed by atoms with Gasteiger partial charge in [-0.25, -0.2) is 0 Å². The van der Waals surface area contributed by atoms with Gasteiger partial charge >= 0.3 is 0 Å². The zero-order valence-electron chi connectivity index (χ0n) is 8.55. The number of hydrogen-bond acceptors (Lipinski definition) is 2. The van der Waals surface area contributed by atoms with Gasteiger partial charge in [0.1, 0.15) is 0 Å². The SMILES string of the molecule is CCCCS(=O)CCCNC1CC1. The minimum Gasteiger partial charge on any atom is -0.314 e. The van der Waals surface area contributed by atoms with Crippen molar-refractivity contribution in [3.63, 3.8) is 0 Å². The Balaban J connectivity index is 1.82. The third kappa shape index (κ3) is 6.22. The highest BCUT2D eigenvalue weighted by Gasteiger charge is 2.19. The second-order valence-electron chi connectivity index (χ2n) is 3.78. The van der Waals surface area contributed by atoms with Gasteiger partial charge in [-0.15, -0.1) is 0 Å². The van der Waals surface area contributed by atoms with Crippen molar-refractivity contribution in [2.24, 2.45) is 0 Å². The molecule has 2 nitrogen and oxygen atoms in total. The lowest BCUT2D eigenvalue weighted by Crippen LogP contribution is -2.19. The molecule has 1 fully saturated rings. The van der Waals surface area contributed by atoms with E-state index in [2.05, 4.69) is 12.2 Å². The maximum absolute atomic E-state index is 11.3. The summed E-state index contributed by atoms with van der Waals surface area (Å²) in [6, 6.07) is 0.795. The molecule has 0 aliphatic heterocycles. The Morgan fingerprint density at radius 3 is 2.62 bits per heavy atom. The molecule has 1 unspecified atom stereocenters. The Morgan fingerprint density at radius 2 is 2.00 bits per heavy atom. The fourth-order valence-electron chi connectivity index (χ4n) is 1.23. The molecule has 3 heteroatoms. The van der Waals surface area contributed by atoms with E-state index in [-0.39, 0.29) is 0 Å². The molecule has 0 spiro atoms. The first-order valence-electron chi connectivity index (χ1n) is 5.41. The van der Waals surface area contributed by atoms with Crippen LogP contribution in [0.15, 0.2) is 0 Å². The van der Waals surface area contributed by atoms with Crippen molar-refractivity contribution in [3.8, 4) is 0 Å². The molecule has 0 heterocycles. The van der Waals surface area contributed by atoms with Crippen LogP contribution < -0.4 is 5.32 Å². The Bertz CT molecular complexity index is 157. The lowest BCUT2D eigenvalue weighted by molar-refractivity contribution is 0.655. The summed E-state index contributed by atoms with van der Waals surface area (Å²) in [5, 5.41) is 3.43. The van der Waals surface area contributed by atoms with Crippen molar-refractivity contribution in [1.29, 1.82) is 0 Å². The van der Waals surface area contributed by atoms with Crippen LogP contribution in [-0.4, -0.2) is 28.3 Å². The largest absolute Gasteiger partial charge is 0.314 e. The molecule has 0 aromatic carbocycles. The third-order valence-corrected chi connectivity index (χ3v) is 3.77. The van der Waals surface area contributed by atoms with Gasteiger partial charge in [0, 0.05) is 28.3 Å². The van der Waals surface area contributed by atoms with E-state index < -0.39 is 10.8 Å². The van der Waals surface area contributed by atoms with Gasteiger partial charge in [0.25, 0.3) is 0 Å². The van der Waals surface area contributed by atoms with Gasteiger partial charge < -0.3 is 5.32 Å². The van der Waals surface area contributed by atoms with Crippen molar-refractivity contribution in [2.75, 3.05) is 18.1 Å². The first-order valence-corrected chi connectivity index (χ1v) is 6.90. The van der Waals surface area contributed by atoms with Crippen LogP contribution in [0.1, 0.15) is 39.0 Å². The summed E-state index contributed by atoms with van der Waals surface area (Å²) in [6.45, 7) is 3.20. The van der Waals surface area contributed by atoms with Crippen molar-refractivity contribution in [3.05, 3.63) is 0 Å². The molecule has 0 amide bonds. The molecule has 78 valence electrons. The first kappa shape index (κ1) is 11.2. The van der Waals surface area contributed by atoms with Crippen molar-refractivity contribution in [2.45, 2.75) is 45.1 Å². The zero-order valence-corrected chi connectivity index (χ0v) is 9.37. The summed E-state index contributed by atoms with van der Waals surface area (Å²) in [7, 11) is -0.554. The Hall–Kier alpha value is 0.110. The summed E-state index contributed by atoms with van der Waals surface area (Å²) in [5.41, 5.74) is 0. The second-order valence-corrected chi connectivity index (χ2v) is 5.48. The van der Waals surface area contributed by atoms with Crippen LogP contribution >= 0.6 is 0 Å². The summed E-state index contributed by atoms with van der Waals surface area (Å²) in [5.74, 6) is 1.79. The monoisotopic (exact) mass is 203 g/mol. The van der Waals surface area contributed by atoms with E-state index in [1.165, 1.54) is 12.8 Å². The number of nitrogens with one attached hydrogen (secondary N) is 1. The number of rotatable bonds is 8. The Labute approximate surface area is 83.9 Å². The van der Waals surface area contributed by atoms with E-state index in [9.17, 15) is 4.21 Å². The van der Waals surface area contributed by atoms with Crippen molar-refractivity contribution < 1.29 is 4.21 Å². The molecule has 1 atom stereocenters. The molecular weight excluding hydrogens is 182 g/mol. The van der Waals surface area contributed by atoms with Gasteiger partial charge in [0.2, 0.25) is 0 Å². The van der Waals surface area contributed by atoms with E-state index in [4.69, 9.17) is 0 Å². The average Bonchev–Trinajstić information content (AvgIpc) is 2.92. The van der Waals surface area contributed by atoms with Gasteiger partial charge in [0.05, 0.1) is 0 Å². The molecule has 1 aliphatic rings. The molecule has 1 N–H and O–H groups in total. The van der Waals surface area contributed by atoms with Gasteiger partial charge in [-0.1, -0.05) is 13.3 Å². The molecule has 13 heavy (non-hydrogen) atoms. The molecule has 1 saturated carbocycles. The molecular formula is C10H21NOS. The lowest BCUT2D eigenvalue weighted by Gasteiger charge is -2.02. The topological polar surface area (TPSA) is 29.1 Å². The summed E-state index contributed by atoms with van der Waals surface area (Å²) < 4.78 is 11.3. The molecule has 0 saturated heterocycles. The third-order valence-electron chi connectivity index (χ3n) is 2.28. The first-order chi connectivity index (χ1) is 6.33. The van der Waals surface area contributed by atoms with Gasteiger partial charge in [-0.05, 0) is 32.2 Å². The van der Waals surface area contributed by atoms with Gasteiger partial charge in [0.15, 0.2) is 0 Å². The van der Waals surface area contributed by atoms with Crippen LogP contribution in [-0.2, 0) is 10.8 Å². The molecule has 0 aromatic rings. The summed E-state index contributed by atoms with van der Waals surface area (Å²) in [6.07, 6.45) is 6.04. The van der Waals surface area contributed by atoms with E-state index in [0.717, 1.165) is 43.4 Å². The van der Waals surface area contributed by atoms with E-state index >= 15 is 0 Å². The fraction of sp³-hybridized carbons (Fsp3) is 1.00. The van der Waals surface area contributed by atoms with E-state index in [0.29, 0.717) is 0 Å². The fourth-order valence-corrected chi connectivity index (χ4v) is 2.52. The maximum atomic E-state index is 11.3.